The molecule has 4 N–H and O–H groups in total. The third kappa shape index (κ3) is 5.80. The fourth-order valence-electron chi connectivity index (χ4n) is 5.10. The number of hydrogen-bond acceptors (Lipinski definition) is 8. The van der Waals surface area contributed by atoms with E-state index in [1.807, 2.05) is 146 Å². The van der Waals surface area contributed by atoms with E-state index in [1.165, 1.54) is 12.4 Å². The number of nitrogens with one attached hydrogen (secondary N) is 2. The number of para-hydroxylation sites is 2. The first-order valence-electron chi connectivity index (χ1n) is 14.1. The summed E-state index contributed by atoms with van der Waals surface area (Å²) in [4.78, 5) is 0. The Morgan fingerprint density at radius 2 is 0.727 bits per heavy atom. The molecular formula is C36H30N6O2. The normalized spacial score (nSPS) is 24.0. The Kier molecular flexibility index (Phi) is 8.18. The van der Waals surface area contributed by atoms with Crippen LogP contribution in [0.25, 0.3) is 0 Å². The van der Waals surface area contributed by atoms with E-state index in [0.717, 1.165) is 0 Å². The minimum absolute atomic E-state index is 0.257. The Balaban J connectivity index is 1.60. The summed E-state index contributed by atoms with van der Waals surface area (Å²) >= 11 is 0. The van der Waals surface area contributed by atoms with Crippen LogP contribution in [0.15, 0.2) is 166 Å². The molecule has 1 heterocycles. The van der Waals surface area contributed by atoms with Crippen molar-refractivity contribution in [3.05, 3.63) is 168 Å². The molecule has 8 nitrogen and oxygen atoms in total. The first-order chi connectivity index (χ1) is 21.6. The van der Waals surface area contributed by atoms with Gasteiger partial charge in [-0.1, -0.05) is 133 Å². The van der Waals surface area contributed by atoms with Gasteiger partial charge in [-0.3, -0.25) is 0 Å². The summed E-state index contributed by atoms with van der Waals surface area (Å²) in [6.07, 6.45) is 2.77. The molecule has 1 aliphatic heterocycles. The van der Waals surface area contributed by atoms with Crippen molar-refractivity contribution >= 4 is 35.2 Å². The smallest absolute Gasteiger partial charge is 0.208 e. The number of anilines is 2. The number of fused-ring (bicyclic) bond motifs is 1. The Bertz CT molecular complexity index is 1690. The van der Waals surface area contributed by atoms with Crippen LogP contribution in [0.5, 0.6) is 0 Å². The van der Waals surface area contributed by atoms with Crippen LogP contribution in [0.1, 0.15) is 22.3 Å². The van der Waals surface area contributed by atoms with Crippen LogP contribution < -0.4 is 10.6 Å². The van der Waals surface area contributed by atoms with E-state index in [9.17, 15) is 10.2 Å². The fourth-order valence-corrected chi connectivity index (χ4v) is 5.10. The van der Waals surface area contributed by atoms with Crippen molar-refractivity contribution in [2.45, 2.75) is 11.4 Å². The third-order valence-corrected chi connectivity index (χ3v) is 7.24. The quantitative estimate of drug-likeness (QED) is 0.204. The molecule has 8 heteroatoms. The maximum Gasteiger partial charge on any atom is 0.208 e. The van der Waals surface area contributed by atoms with Gasteiger partial charge in [-0.15, -0.1) is 10.2 Å². The summed E-state index contributed by atoms with van der Waals surface area (Å²) in [6, 6.07) is 44.4. The second-order valence-electron chi connectivity index (χ2n) is 10.1. The summed E-state index contributed by atoms with van der Waals surface area (Å²) < 4.78 is 0. The fraction of sp³-hybridized carbons (Fsp3) is 0.0556. The summed E-state index contributed by atoms with van der Waals surface area (Å²) in [5.41, 5.74) is 0.200. The molecule has 216 valence electrons. The molecule has 2 atom stereocenters. The van der Waals surface area contributed by atoms with Gasteiger partial charge in [-0.2, -0.15) is 10.2 Å². The Hall–Kier alpha value is -5.70. The van der Waals surface area contributed by atoms with Crippen LogP contribution in [0, 0.1) is 0 Å². The Morgan fingerprint density at radius 3 is 1.09 bits per heavy atom. The average Bonchev–Trinajstić information content (AvgIpc) is 3.08. The van der Waals surface area contributed by atoms with Crippen molar-refractivity contribution in [2.75, 3.05) is 10.6 Å². The highest BCUT2D eigenvalue weighted by molar-refractivity contribution is 6.17. The van der Waals surface area contributed by atoms with Crippen molar-refractivity contribution in [3.8, 4) is 0 Å². The summed E-state index contributed by atoms with van der Waals surface area (Å²) in [5, 5.41) is 49.4. The lowest BCUT2D eigenvalue weighted by molar-refractivity contribution is 0.140. The van der Waals surface area contributed by atoms with Gasteiger partial charge in [0, 0.05) is 22.3 Å². The van der Waals surface area contributed by atoms with Gasteiger partial charge >= 0.3 is 0 Å². The largest absolute Gasteiger partial charge is 0.362 e. The second kappa shape index (κ2) is 12.7. The maximum atomic E-state index is 12.6. The molecule has 1 aliphatic rings. The van der Waals surface area contributed by atoms with Crippen LogP contribution >= 0.6 is 0 Å². The SMILES string of the molecule is OC1(c2ccccc2)Nc2ccccc2NC(O)(c2ccccc2)/C(c2ccccc2)=N/N=C\C=N\N=C/1c1ccccc1. The van der Waals surface area contributed by atoms with Crippen LogP contribution in [0.4, 0.5) is 11.4 Å². The summed E-state index contributed by atoms with van der Waals surface area (Å²) in [6.45, 7) is 0. The zero-order valence-electron chi connectivity index (χ0n) is 23.7. The first kappa shape index (κ1) is 28.4. The zero-order chi connectivity index (χ0) is 30.2. The highest BCUT2D eigenvalue weighted by Gasteiger charge is 2.40. The van der Waals surface area contributed by atoms with Gasteiger partial charge in [0.1, 0.15) is 11.4 Å². The number of benzene rings is 5. The van der Waals surface area contributed by atoms with Crippen molar-refractivity contribution in [2.24, 2.45) is 20.4 Å². The van der Waals surface area contributed by atoms with Gasteiger partial charge < -0.3 is 20.8 Å². The highest BCUT2D eigenvalue weighted by atomic mass is 16.3. The topological polar surface area (TPSA) is 114 Å². The van der Waals surface area contributed by atoms with E-state index >= 15 is 0 Å². The van der Waals surface area contributed by atoms with Gasteiger partial charge in [-0.25, -0.2) is 0 Å². The lowest BCUT2D eigenvalue weighted by Crippen LogP contribution is -2.46. The Morgan fingerprint density at radius 1 is 0.409 bits per heavy atom. The maximum absolute atomic E-state index is 12.6. The monoisotopic (exact) mass is 578 g/mol. The summed E-state index contributed by atoms with van der Waals surface area (Å²) in [7, 11) is 0. The van der Waals surface area contributed by atoms with E-state index < -0.39 is 11.4 Å². The molecule has 44 heavy (non-hydrogen) atoms. The molecule has 0 bridgehead atoms. The predicted molar refractivity (Wildman–Crippen MR) is 177 cm³/mol. The van der Waals surface area contributed by atoms with Gasteiger partial charge in [0.2, 0.25) is 11.4 Å². The second-order valence-corrected chi connectivity index (χ2v) is 10.1. The molecule has 0 spiro atoms. The van der Waals surface area contributed by atoms with Crippen molar-refractivity contribution in [1.29, 1.82) is 0 Å². The molecule has 5 aromatic rings. The molecule has 0 aromatic heterocycles. The predicted octanol–water partition coefficient (Wildman–Crippen LogP) is 6.16. The van der Waals surface area contributed by atoms with Gasteiger partial charge in [-0.05, 0) is 12.1 Å². The van der Waals surface area contributed by atoms with E-state index in [2.05, 4.69) is 31.0 Å². The molecular weight excluding hydrogens is 548 g/mol. The van der Waals surface area contributed by atoms with E-state index in [4.69, 9.17) is 0 Å². The molecule has 0 saturated carbocycles. The molecule has 0 saturated heterocycles. The third-order valence-electron chi connectivity index (χ3n) is 7.24. The summed E-state index contributed by atoms with van der Waals surface area (Å²) in [5.74, 6) is 0. The minimum Gasteiger partial charge on any atom is -0.362 e. The molecule has 6 rings (SSSR count). The van der Waals surface area contributed by atoms with E-state index in [0.29, 0.717) is 33.6 Å². The molecule has 0 aliphatic carbocycles. The molecule has 0 radical (unpaired) electrons. The van der Waals surface area contributed by atoms with E-state index in [-0.39, 0.29) is 11.4 Å². The van der Waals surface area contributed by atoms with Crippen LogP contribution in [-0.2, 0) is 11.4 Å². The lowest BCUT2D eigenvalue weighted by Gasteiger charge is -2.35. The Labute approximate surface area is 255 Å². The van der Waals surface area contributed by atoms with Gasteiger partial charge in [0.05, 0.1) is 23.8 Å². The van der Waals surface area contributed by atoms with Crippen LogP contribution in [0.2, 0.25) is 0 Å². The van der Waals surface area contributed by atoms with Crippen LogP contribution in [0.3, 0.4) is 0 Å². The number of aliphatic hydroxyl groups is 2. The average molecular weight is 579 g/mol. The standard InChI is InChI=1S/C36H30N6O2/c43-35(29-19-9-3-10-20-29)33(27-15-5-1-6-16-27)41-37-25-26-38-42-34(28-17-7-2-8-18-28)36(44,30-21-11-4-12-22-30)40-32-24-14-13-23-31(32)39-35/h1-26,39-40,43-44H/b37-25-,38-26+,41-33+,42-34-. The zero-order valence-corrected chi connectivity index (χ0v) is 23.7. The molecule has 5 aromatic carbocycles. The number of nitrogens with zero attached hydrogens (tertiary/aromatic N) is 4. The van der Waals surface area contributed by atoms with Crippen molar-refractivity contribution in [1.82, 2.24) is 0 Å². The van der Waals surface area contributed by atoms with Crippen molar-refractivity contribution < 1.29 is 10.2 Å². The minimum atomic E-state index is -1.85. The highest BCUT2D eigenvalue weighted by Crippen LogP contribution is 2.36. The van der Waals surface area contributed by atoms with Gasteiger partial charge in [0.15, 0.2) is 0 Å². The first-order valence-corrected chi connectivity index (χ1v) is 14.1. The van der Waals surface area contributed by atoms with Gasteiger partial charge in [0.25, 0.3) is 0 Å². The molecule has 0 amide bonds. The molecule has 0 fully saturated rings. The lowest BCUT2D eigenvalue weighted by atomic mass is 9.91. The molecule has 2 unspecified atom stereocenters. The number of hydrogen-bond donors (Lipinski definition) is 4. The van der Waals surface area contributed by atoms with E-state index in [1.54, 1.807) is 0 Å². The number of rotatable bonds is 4. The van der Waals surface area contributed by atoms with Crippen LogP contribution in [-0.4, -0.2) is 34.1 Å². The van der Waals surface area contributed by atoms with Crippen molar-refractivity contribution in [3.63, 3.8) is 0 Å².